The third-order valence-corrected chi connectivity index (χ3v) is 3.30. The van der Waals surface area contributed by atoms with Crippen molar-refractivity contribution in [2.45, 2.75) is 44.2 Å². The summed E-state index contributed by atoms with van der Waals surface area (Å²) in [5.41, 5.74) is 0.984. The standard InChI is InChI=1S/C14H20O5/c1-9-11(15)12(16)13(14(17-2)19-9)18-8-10-6-4-3-5-7-10/h3-7,9,11-16H,8H2,1-2H3/t9-,11?,12+,13+,14+/m1/s1. The van der Waals surface area contributed by atoms with Crippen LogP contribution in [-0.4, -0.2) is 48.0 Å². The lowest BCUT2D eigenvalue weighted by atomic mass is 10.00. The number of ether oxygens (including phenoxy) is 3. The van der Waals surface area contributed by atoms with Crippen LogP contribution in [0.25, 0.3) is 0 Å². The van der Waals surface area contributed by atoms with Crippen molar-refractivity contribution >= 4 is 0 Å². The lowest BCUT2D eigenvalue weighted by molar-refractivity contribution is -0.298. The Balaban J connectivity index is 2.00. The molecule has 1 aliphatic heterocycles. The van der Waals surface area contributed by atoms with Gasteiger partial charge in [0.1, 0.15) is 18.3 Å². The maximum Gasteiger partial charge on any atom is 0.186 e. The Kier molecular flexibility index (Phi) is 4.90. The maximum atomic E-state index is 10.1. The highest BCUT2D eigenvalue weighted by atomic mass is 16.7. The highest BCUT2D eigenvalue weighted by molar-refractivity contribution is 5.13. The molecule has 5 nitrogen and oxygen atoms in total. The lowest BCUT2D eigenvalue weighted by Gasteiger charge is -2.40. The predicted molar refractivity (Wildman–Crippen MR) is 68.4 cm³/mol. The topological polar surface area (TPSA) is 68.2 Å². The zero-order valence-electron chi connectivity index (χ0n) is 11.1. The van der Waals surface area contributed by atoms with Crippen LogP contribution in [-0.2, 0) is 20.8 Å². The number of hydrogen-bond acceptors (Lipinski definition) is 5. The first kappa shape index (κ1) is 14.4. The van der Waals surface area contributed by atoms with Gasteiger partial charge in [-0.1, -0.05) is 30.3 Å². The molecule has 0 aliphatic carbocycles. The van der Waals surface area contributed by atoms with Crippen LogP contribution in [0.4, 0.5) is 0 Å². The van der Waals surface area contributed by atoms with Crippen LogP contribution in [0.15, 0.2) is 30.3 Å². The molecule has 1 aliphatic rings. The highest BCUT2D eigenvalue weighted by Gasteiger charge is 2.43. The van der Waals surface area contributed by atoms with E-state index >= 15 is 0 Å². The van der Waals surface area contributed by atoms with Crippen LogP contribution in [0.2, 0.25) is 0 Å². The van der Waals surface area contributed by atoms with Gasteiger partial charge in [0.25, 0.3) is 0 Å². The van der Waals surface area contributed by atoms with E-state index in [1.807, 2.05) is 30.3 Å². The SMILES string of the molecule is CO[C@H]1O[C@H](C)C(O)[C@H](O)[C@@H]1OCc1ccccc1. The minimum Gasteiger partial charge on any atom is -0.388 e. The molecule has 0 bridgehead atoms. The molecule has 0 aromatic heterocycles. The fourth-order valence-corrected chi connectivity index (χ4v) is 2.14. The smallest absolute Gasteiger partial charge is 0.186 e. The summed E-state index contributed by atoms with van der Waals surface area (Å²) in [5.74, 6) is 0. The normalized spacial score (nSPS) is 35.3. The molecule has 1 heterocycles. The van der Waals surface area contributed by atoms with E-state index in [0.717, 1.165) is 5.56 Å². The van der Waals surface area contributed by atoms with Crippen LogP contribution in [0, 0.1) is 0 Å². The number of benzene rings is 1. The van der Waals surface area contributed by atoms with Gasteiger partial charge in [-0.15, -0.1) is 0 Å². The summed E-state index contributed by atoms with van der Waals surface area (Å²) in [4.78, 5) is 0. The maximum absolute atomic E-state index is 10.1. The van der Waals surface area contributed by atoms with Crippen molar-refractivity contribution in [3.63, 3.8) is 0 Å². The molecule has 1 aromatic carbocycles. The molecule has 0 radical (unpaired) electrons. The number of aliphatic hydroxyl groups is 2. The van der Waals surface area contributed by atoms with Crippen LogP contribution in [0.5, 0.6) is 0 Å². The van der Waals surface area contributed by atoms with E-state index in [0.29, 0.717) is 6.61 Å². The van der Waals surface area contributed by atoms with Gasteiger partial charge in [-0.2, -0.15) is 0 Å². The Morgan fingerprint density at radius 1 is 1.16 bits per heavy atom. The molecule has 1 fully saturated rings. The first-order valence-electron chi connectivity index (χ1n) is 6.33. The van der Waals surface area contributed by atoms with Crippen LogP contribution >= 0.6 is 0 Å². The first-order chi connectivity index (χ1) is 9.13. The van der Waals surface area contributed by atoms with Crippen molar-refractivity contribution in [1.29, 1.82) is 0 Å². The molecule has 106 valence electrons. The molecule has 1 aromatic rings. The lowest BCUT2D eigenvalue weighted by Crippen LogP contribution is -2.58. The fraction of sp³-hybridized carbons (Fsp3) is 0.571. The summed E-state index contributed by atoms with van der Waals surface area (Å²) in [5, 5.41) is 19.9. The summed E-state index contributed by atoms with van der Waals surface area (Å²) in [7, 11) is 1.49. The molecular weight excluding hydrogens is 248 g/mol. The van der Waals surface area contributed by atoms with Crippen molar-refractivity contribution in [3.8, 4) is 0 Å². The van der Waals surface area contributed by atoms with Crippen LogP contribution in [0.1, 0.15) is 12.5 Å². The van der Waals surface area contributed by atoms with E-state index < -0.39 is 30.7 Å². The number of hydrogen-bond donors (Lipinski definition) is 2. The van der Waals surface area contributed by atoms with Crippen LogP contribution < -0.4 is 0 Å². The first-order valence-corrected chi connectivity index (χ1v) is 6.33. The molecule has 1 unspecified atom stereocenters. The van der Waals surface area contributed by atoms with Gasteiger partial charge >= 0.3 is 0 Å². The second-order valence-corrected chi connectivity index (χ2v) is 4.69. The monoisotopic (exact) mass is 268 g/mol. The minimum atomic E-state index is -1.03. The number of methoxy groups -OCH3 is 1. The van der Waals surface area contributed by atoms with Gasteiger partial charge in [0, 0.05) is 7.11 Å². The molecule has 2 rings (SSSR count). The van der Waals surface area contributed by atoms with E-state index in [4.69, 9.17) is 14.2 Å². The van der Waals surface area contributed by atoms with Crippen molar-refractivity contribution < 1.29 is 24.4 Å². The Morgan fingerprint density at radius 2 is 1.84 bits per heavy atom. The summed E-state index contributed by atoms with van der Waals surface area (Å²) >= 11 is 0. The van der Waals surface area contributed by atoms with Crippen molar-refractivity contribution in [2.24, 2.45) is 0 Å². The van der Waals surface area contributed by atoms with Crippen LogP contribution in [0.3, 0.4) is 0 Å². The van der Waals surface area contributed by atoms with E-state index in [1.165, 1.54) is 7.11 Å². The molecule has 1 saturated heterocycles. The summed E-state index contributed by atoms with van der Waals surface area (Å²) < 4.78 is 16.3. The summed E-state index contributed by atoms with van der Waals surface area (Å²) in [6, 6.07) is 9.60. The van der Waals surface area contributed by atoms with E-state index in [2.05, 4.69) is 0 Å². The molecule has 5 atom stereocenters. The third kappa shape index (κ3) is 3.32. The zero-order valence-corrected chi connectivity index (χ0v) is 11.1. The highest BCUT2D eigenvalue weighted by Crippen LogP contribution is 2.24. The summed E-state index contributed by atoms with van der Waals surface area (Å²) in [6.07, 6.45) is -3.89. The average Bonchev–Trinajstić information content (AvgIpc) is 2.44. The van der Waals surface area contributed by atoms with E-state index in [9.17, 15) is 10.2 Å². The Hall–Kier alpha value is -0.980. The van der Waals surface area contributed by atoms with Crippen molar-refractivity contribution in [3.05, 3.63) is 35.9 Å². The zero-order chi connectivity index (χ0) is 13.8. The third-order valence-electron chi connectivity index (χ3n) is 3.30. The van der Waals surface area contributed by atoms with Gasteiger partial charge in [-0.05, 0) is 12.5 Å². The molecule has 0 spiro atoms. The molecule has 19 heavy (non-hydrogen) atoms. The minimum absolute atomic E-state index is 0.326. The Bertz CT molecular complexity index is 381. The summed E-state index contributed by atoms with van der Waals surface area (Å²) in [6.45, 7) is 2.01. The fourth-order valence-electron chi connectivity index (χ4n) is 2.14. The molecule has 5 heteroatoms. The molecular formula is C14H20O5. The van der Waals surface area contributed by atoms with Gasteiger partial charge in [-0.25, -0.2) is 0 Å². The van der Waals surface area contributed by atoms with Crippen molar-refractivity contribution in [1.82, 2.24) is 0 Å². The number of aliphatic hydroxyl groups excluding tert-OH is 2. The molecule has 0 amide bonds. The quantitative estimate of drug-likeness (QED) is 0.840. The Labute approximate surface area is 112 Å². The number of rotatable bonds is 4. The van der Waals surface area contributed by atoms with Gasteiger partial charge in [-0.3, -0.25) is 0 Å². The molecule has 0 saturated carbocycles. The Morgan fingerprint density at radius 3 is 2.47 bits per heavy atom. The van der Waals surface area contributed by atoms with Gasteiger partial charge in [0.05, 0.1) is 12.7 Å². The average molecular weight is 268 g/mol. The van der Waals surface area contributed by atoms with Gasteiger partial charge in [0.2, 0.25) is 0 Å². The second kappa shape index (κ2) is 6.45. The largest absolute Gasteiger partial charge is 0.388 e. The van der Waals surface area contributed by atoms with Crippen molar-refractivity contribution in [2.75, 3.05) is 7.11 Å². The van der Waals surface area contributed by atoms with Gasteiger partial charge in [0.15, 0.2) is 6.29 Å². The predicted octanol–water partition coefficient (Wildman–Crippen LogP) is 0.685. The van der Waals surface area contributed by atoms with E-state index in [1.54, 1.807) is 6.92 Å². The van der Waals surface area contributed by atoms with Gasteiger partial charge < -0.3 is 24.4 Å². The molecule has 2 N–H and O–H groups in total. The van der Waals surface area contributed by atoms with E-state index in [-0.39, 0.29) is 0 Å². The second-order valence-electron chi connectivity index (χ2n) is 4.69.